The highest BCUT2D eigenvalue weighted by Gasteiger charge is 2.25. The van der Waals surface area contributed by atoms with Gasteiger partial charge in [0.05, 0.1) is 18.6 Å². The van der Waals surface area contributed by atoms with E-state index in [9.17, 15) is 0 Å². The molecule has 2 aromatic rings. The maximum Gasteiger partial charge on any atom is 0.225 e. The Kier molecular flexibility index (Phi) is 2.86. The van der Waals surface area contributed by atoms with Crippen LogP contribution in [0, 0.1) is 0 Å². The number of halogens is 1. The van der Waals surface area contributed by atoms with Crippen molar-refractivity contribution in [2.75, 3.05) is 31.2 Å². The lowest BCUT2D eigenvalue weighted by Crippen LogP contribution is -2.37. The Morgan fingerprint density at radius 2 is 2.00 bits per heavy atom. The number of anilines is 1. The van der Waals surface area contributed by atoms with E-state index in [1.807, 2.05) is 0 Å². The summed E-state index contributed by atoms with van der Waals surface area (Å²) in [6.07, 6.45) is 3.58. The van der Waals surface area contributed by atoms with Gasteiger partial charge in [-0.2, -0.15) is 4.98 Å². The zero-order valence-electron chi connectivity index (χ0n) is 10.5. The summed E-state index contributed by atoms with van der Waals surface area (Å²) in [6.45, 7) is 3.28. The molecule has 100 valence electrons. The molecule has 0 saturated carbocycles. The number of ether oxygens (including phenoxy) is 1. The predicted molar refractivity (Wildman–Crippen MR) is 77.5 cm³/mol. The summed E-state index contributed by atoms with van der Waals surface area (Å²) in [6, 6.07) is 0. The number of rotatable bonds is 1. The van der Waals surface area contributed by atoms with Crippen molar-refractivity contribution < 1.29 is 4.74 Å². The van der Waals surface area contributed by atoms with E-state index in [1.165, 1.54) is 28.7 Å². The molecule has 1 fully saturated rings. The van der Waals surface area contributed by atoms with Gasteiger partial charge in [-0.3, -0.25) is 0 Å². The topological polar surface area (TPSA) is 38.2 Å². The highest BCUT2D eigenvalue weighted by molar-refractivity contribution is 7.19. The quantitative estimate of drug-likeness (QED) is 0.758. The van der Waals surface area contributed by atoms with Crippen LogP contribution in [0.4, 0.5) is 5.82 Å². The number of hydrogen-bond donors (Lipinski definition) is 0. The molecule has 0 aromatic carbocycles. The summed E-state index contributed by atoms with van der Waals surface area (Å²) in [5.74, 6) is 1.01. The van der Waals surface area contributed by atoms with Crippen molar-refractivity contribution in [1.29, 1.82) is 0 Å². The van der Waals surface area contributed by atoms with Gasteiger partial charge in [0.25, 0.3) is 0 Å². The fraction of sp³-hybridized carbons (Fsp3) is 0.538. The molecule has 0 bridgehead atoms. The Bertz CT molecular complexity index is 636. The third kappa shape index (κ3) is 1.91. The van der Waals surface area contributed by atoms with E-state index in [1.54, 1.807) is 11.3 Å². The zero-order chi connectivity index (χ0) is 12.8. The smallest absolute Gasteiger partial charge is 0.225 e. The minimum Gasteiger partial charge on any atom is -0.378 e. The number of aryl methyl sites for hydroxylation is 2. The van der Waals surface area contributed by atoms with Crippen molar-refractivity contribution in [3.8, 4) is 0 Å². The Balaban J connectivity index is 1.92. The third-order valence-electron chi connectivity index (χ3n) is 3.83. The summed E-state index contributed by atoms with van der Waals surface area (Å²) in [4.78, 5) is 13.7. The molecule has 0 radical (unpaired) electrons. The van der Waals surface area contributed by atoms with E-state index in [4.69, 9.17) is 16.3 Å². The van der Waals surface area contributed by atoms with Crippen LogP contribution in [0.25, 0.3) is 10.2 Å². The lowest BCUT2D eigenvalue weighted by atomic mass is 10.2. The number of aromatic nitrogens is 2. The lowest BCUT2D eigenvalue weighted by Gasteiger charge is -2.28. The first-order valence-corrected chi connectivity index (χ1v) is 7.83. The molecule has 4 rings (SSSR count). The number of thiophene rings is 1. The Morgan fingerprint density at radius 3 is 2.84 bits per heavy atom. The van der Waals surface area contributed by atoms with Crippen molar-refractivity contribution in [1.82, 2.24) is 9.97 Å². The van der Waals surface area contributed by atoms with Crippen LogP contribution in [0.15, 0.2) is 0 Å². The van der Waals surface area contributed by atoms with E-state index >= 15 is 0 Å². The molecule has 3 heterocycles. The second kappa shape index (κ2) is 4.58. The molecule has 0 amide bonds. The lowest BCUT2D eigenvalue weighted by molar-refractivity contribution is 0.122. The van der Waals surface area contributed by atoms with E-state index in [0.29, 0.717) is 5.28 Å². The molecule has 0 spiro atoms. The van der Waals surface area contributed by atoms with E-state index < -0.39 is 0 Å². The van der Waals surface area contributed by atoms with Crippen molar-refractivity contribution in [3.05, 3.63) is 15.7 Å². The monoisotopic (exact) mass is 295 g/mol. The average molecular weight is 296 g/mol. The van der Waals surface area contributed by atoms with E-state index in [0.717, 1.165) is 43.4 Å². The maximum absolute atomic E-state index is 6.09. The normalized spacial score (nSPS) is 19.1. The molecule has 0 atom stereocenters. The zero-order valence-corrected chi connectivity index (χ0v) is 12.1. The summed E-state index contributed by atoms with van der Waals surface area (Å²) in [5.41, 5.74) is 1.46. The van der Waals surface area contributed by atoms with Gasteiger partial charge in [-0.15, -0.1) is 11.3 Å². The van der Waals surface area contributed by atoms with E-state index in [2.05, 4.69) is 14.9 Å². The van der Waals surface area contributed by atoms with Crippen LogP contribution in [-0.2, 0) is 17.6 Å². The number of morpholine rings is 1. The number of nitrogens with zero attached hydrogens (tertiary/aromatic N) is 3. The third-order valence-corrected chi connectivity index (χ3v) is 5.18. The first-order chi connectivity index (χ1) is 9.33. The van der Waals surface area contributed by atoms with Gasteiger partial charge in [-0.05, 0) is 36.4 Å². The minimum atomic E-state index is 0.355. The molecule has 0 N–H and O–H groups in total. The molecule has 4 nitrogen and oxygen atoms in total. The highest BCUT2D eigenvalue weighted by atomic mass is 35.5. The van der Waals surface area contributed by atoms with Crippen LogP contribution in [0.2, 0.25) is 5.28 Å². The van der Waals surface area contributed by atoms with E-state index in [-0.39, 0.29) is 0 Å². The van der Waals surface area contributed by atoms with Crippen LogP contribution in [0.3, 0.4) is 0 Å². The molecule has 6 heteroatoms. The fourth-order valence-electron chi connectivity index (χ4n) is 2.96. The van der Waals surface area contributed by atoms with Gasteiger partial charge in [-0.25, -0.2) is 4.98 Å². The van der Waals surface area contributed by atoms with Gasteiger partial charge in [0.2, 0.25) is 5.28 Å². The van der Waals surface area contributed by atoms with Crippen molar-refractivity contribution >= 4 is 39.0 Å². The summed E-state index contributed by atoms with van der Waals surface area (Å²) >= 11 is 7.88. The first kappa shape index (κ1) is 11.9. The molecule has 2 aromatic heterocycles. The molecule has 19 heavy (non-hydrogen) atoms. The van der Waals surface area contributed by atoms with Crippen molar-refractivity contribution in [2.45, 2.75) is 19.3 Å². The summed E-state index contributed by atoms with van der Waals surface area (Å²) in [5, 5.41) is 1.60. The molecule has 1 aliphatic carbocycles. The summed E-state index contributed by atoms with van der Waals surface area (Å²) in [7, 11) is 0. The molecule has 1 aliphatic heterocycles. The van der Waals surface area contributed by atoms with Crippen molar-refractivity contribution in [2.24, 2.45) is 0 Å². The van der Waals surface area contributed by atoms with Crippen molar-refractivity contribution in [3.63, 3.8) is 0 Å². The molecular weight excluding hydrogens is 282 g/mol. The Morgan fingerprint density at radius 1 is 1.16 bits per heavy atom. The predicted octanol–water partition coefficient (Wildman–Crippen LogP) is 2.67. The molecular formula is C13H14ClN3OS. The van der Waals surface area contributed by atoms with Gasteiger partial charge in [0.1, 0.15) is 10.6 Å². The number of hydrogen-bond acceptors (Lipinski definition) is 5. The second-order valence-electron chi connectivity index (χ2n) is 4.95. The molecule has 0 unspecified atom stereocenters. The van der Waals surface area contributed by atoms with Crippen LogP contribution >= 0.6 is 22.9 Å². The Hall–Kier alpha value is -0.910. The Labute approximate surface area is 120 Å². The maximum atomic E-state index is 6.09. The van der Waals surface area contributed by atoms with Crippen LogP contribution in [0.1, 0.15) is 16.9 Å². The molecule has 2 aliphatic rings. The first-order valence-electron chi connectivity index (χ1n) is 6.63. The minimum absolute atomic E-state index is 0.355. The standard InChI is InChI=1S/C13H14ClN3OS/c14-13-15-11(17-4-6-18-7-5-17)10-8-2-1-3-9(8)19-12(10)16-13/h1-7H2. The average Bonchev–Trinajstić information content (AvgIpc) is 2.98. The van der Waals surface area contributed by atoms with Gasteiger partial charge in [0.15, 0.2) is 0 Å². The van der Waals surface area contributed by atoms with Gasteiger partial charge in [0, 0.05) is 18.0 Å². The van der Waals surface area contributed by atoms with Gasteiger partial charge in [-0.1, -0.05) is 0 Å². The molecule has 1 saturated heterocycles. The fourth-order valence-corrected chi connectivity index (χ4v) is 4.43. The largest absolute Gasteiger partial charge is 0.378 e. The van der Waals surface area contributed by atoms with Crippen LogP contribution < -0.4 is 4.90 Å². The number of fused-ring (bicyclic) bond motifs is 3. The highest BCUT2D eigenvalue weighted by Crippen LogP contribution is 2.41. The van der Waals surface area contributed by atoms with Crippen LogP contribution in [-0.4, -0.2) is 36.3 Å². The second-order valence-corrected chi connectivity index (χ2v) is 6.37. The summed E-state index contributed by atoms with van der Waals surface area (Å²) < 4.78 is 5.42. The van der Waals surface area contributed by atoms with Gasteiger partial charge >= 0.3 is 0 Å². The SMILES string of the molecule is Clc1nc(N2CCOCC2)c2c3c(sc2n1)CCC3. The van der Waals surface area contributed by atoms with Crippen LogP contribution in [0.5, 0.6) is 0 Å². The van der Waals surface area contributed by atoms with Gasteiger partial charge < -0.3 is 9.64 Å².